The number of rotatable bonds is 4. The summed E-state index contributed by atoms with van der Waals surface area (Å²) in [7, 11) is 1.85. The number of aromatic nitrogens is 2. The van der Waals surface area contributed by atoms with E-state index in [1.54, 1.807) is 4.68 Å². The first-order chi connectivity index (χ1) is 8.43. The lowest BCUT2D eigenvalue weighted by molar-refractivity contribution is 0.0381. The molecule has 0 aromatic carbocycles. The van der Waals surface area contributed by atoms with Crippen LogP contribution < -0.4 is 11.1 Å². The minimum atomic E-state index is -0.797. The van der Waals surface area contributed by atoms with E-state index in [1.165, 1.54) is 0 Å². The summed E-state index contributed by atoms with van der Waals surface area (Å²) in [4.78, 5) is 0. The van der Waals surface area contributed by atoms with Crippen LogP contribution in [0, 0.1) is 0 Å². The van der Waals surface area contributed by atoms with E-state index in [0.717, 1.165) is 11.5 Å². The average Bonchev–Trinajstić information content (AvgIpc) is 2.83. The maximum Gasteiger partial charge on any atom is 0.147 e. The monoisotopic (exact) mass is 254 g/mol. The van der Waals surface area contributed by atoms with Crippen molar-refractivity contribution in [3.05, 3.63) is 5.69 Å². The van der Waals surface area contributed by atoms with Crippen LogP contribution in [-0.2, 0) is 11.8 Å². The first-order valence-electron chi connectivity index (χ1n) is 6.29. The quantitative estimate of drug-likeness (QED) is 0.736. The highest BCUT2D eigenvalue weighted by Gasteiger charge is 2.32. The highest BCUT2D eigenvalue weighted by molar-refractivity contribution is 5.65. The van der Waals surface area contributed by atoms with Gasteiger partial charge in [-0.05, 0) is 5.92 Å². The van der Waals surface area contributed by atoms with E-state index in [-0.39, 0.29) is 5.92 Å². The van der Waals surface area contributed by atoms with Gasteiger partial charge in [-0.25, -0.2) is 0 Å². The highest BCUT2D eigenvalue weighted by Crippen LogP contribution is 2.28. The Morgan fingerprint density at radius 3 is 2.83 bits per heavy atom. The third-order valence-electron chi connectivity index (χ3n) is 3.33. The molecule has 0 spiro atoms. The molecule has 4 N–H and O–H groups in total. The normalized spacial score (nSPS) is 23.8. The molecule has 0 amide bonds. The third kappa shape index (κ3) is 2.44. The number of nitrogens with two attached hydrogens (primary N) is 1. The highest BCUT2D eigenvalue weighted by atomic mass is 16.5. The van der Waals surface area contributed by atoms with Crippen molar-refractivity contribution >= 4 is 11.5 Å². The third-order valence-corrected chi connectivity index (χ3v) is 3.33. The van der Waals surface area contributed by atoms with Gasteiger partial charge in [0.25, 0.3) is 0 Å². The molecule has 1 aromatic rings. The van der Waals surface area contributed by atoms with Gasteiger partial charge in [0.1, 0.15) is 11.4 Å². The lowest BCUT2D eigenvalue weighted by atomic mass is 10.0. The molecule has 1 fully saturated rings. The minimum absolute atomic E-state index is 0.282. The summed E-state index contributed by atoms with van der Waals surface area (Å²) < 4.78 is 6.93. The summed E-state index contributed by atoms with van der Waals surface area (Å²) in [5.74, 6) is 1.05. The zero-order valence-corrected chi connectivity index (χ0v) is 11.2. The van der Waals surface area contributed by atoms with Crippen molar-refractivity contribution < 1.29 is 9.84 Å². The Morgan fingerprint density at radius 2 is 2.33 bits per heavy atom. The van der Waals surface area contributed by atoms with Gasteiger partial charge in [0.05, 0.1) is 18.0 Å². The molecule has 0 bridgehead atoms. The number of aliphatic hydroxyl groups is 1. The Balaban J connectivity index is 2.09. The maximum atomic E-state index is 10.2. The Kier molecular flexibility index (Phi) is 3.49. The molecular formula is C12H22N4O2. The molecule has 2 rings (SSSR count). The minimum Gasteiger partial charge on any atom is -0.394 e. The zero-order chi connectivity index (χ0) is 13.3. The SMILES string of the molecule is CC(C)c1nn(C)c(NCC2(O)CCOC2)c1N. The molecule has 1 saturated heterocycles. The Bertz CT molecular complexity index is 422. The van der Waals surface area contributed by atoms with E-state index in [1.807, 2.05) is 7.05 Å². The molecule has 0 aliphatic carbocycles. The molecule has 1 aromatic heterocycles. The number of nitrogens with zero attached hydrogens (tertiary/aromatic N) is 2. The number of hydrogen-bond donors (Lipinski definition) is 3. The van der Waals surface area contributed by atoms with Gasteiger partial charge in [0.15, 0.2) is 0 Å². The molecule has 18 heavy (non-hydrogen) atoms. The van der Waals surface area contributed by atoms with E-state index in [4.69, 9.17) is 10.5 Å². The fourth-order valence-electron chi connectivity index (χ4n) is 2.18. The van der Waals surface area contributed by atoms with Crippen LogP contribution in [0.2, 0.25) is 0 Å². The van der Waals surface area contributed by atoms with Crippen LogP contribution in [0.15, 0.2) is 0 Å². The molecule has 102 valence electrons. The molecule has 1 aliphatic heterocycles. The summed E-state index contributed by atoms with van der Waals surface area (Å²) in [5, 5.41) is 17.8. The van der Waals surface area contributed by atoms with Gasteiger partial charge >= 0.3 is 0 Å². The Morgan fingerprint density at radius 1 is 1.61 bits per heavy atom. The second kappa shape index (κ2) is 4.78. The largest absolute Gasteiger partial charge is 0.394 e. The van der Waals surface area contributed by atoms with Gasteiger partial charge in [0.2, 0.25) is 0 Å². The van der Waals surface area contributed by atoms with Crippen LogP contribution in [-0.4, -0.2) is 40.2 Å². The first kappa shape index (κ1) is 13.2. The van der Waals surface area contributed by atoms with Crippen LogP contribution in [0.1, 0.15) is 31.9 Å². The maximum absolute atomic E-state index is 10.2. The number of aryl methyl sites for hydroxylation is 1. The molecule has 0 saturated carbocycles. The Labute approximate surface area is 107 Å². The van der Waals surface area contributed by atoms with Crippen LogP contribution in [0.4, 0.5) is 11.5 Å². The predicted octanol–water partition coefficient (Wildman–Crippen LogP) is 0.689. The van der Waals surface area contributed by atoms with Crippen LogP contribution in [0.25, 0.3) is 0 Å². The lowest BCUT2D eigenvalue weighted by Gasteiger charge is -2.21. The average molecular weight is 254 g/mol. The van der Waals surface area contributed by atoms with Gasteiger partial charge in [0, 0.05) is 26.6 Å². The van der Waals surface area contributed by atoms with Crippen molar-refractivity contribution in [2.45, 2.75) is 31.8 Å². The number of ether oxygens (including phenoxy) is 1. The molecule has 1 aliphatic rings. The van der Waals surface area contributed by atoms with E-state index < -0.39 is 5.60 Å². The standard InChI is InChI=1S/C12H22N4O2/c1-8(2)10-9(13)11(16(3)15-10)14-6-12(17)4-5-18-7-12/h8,14,17H,4-7,13H2,1-3H3. The number of anilines is 2. The summed E-state index contributed by atoms with van der Waals surface area (Å²) in [6.07, 6.45) is 0.648. The number of hydrogen-bond acceptors (Lipinski definition) is 5. The van der Waals surface area contributed by atoms with Gasteiger partial charge in [-0.15, -0.1) is 0 Å². The second-order valence-corrected chi connectivity index (χ2v) is 5.31. The van der Waals surface area contributed by atoms with Gasteiger partial charge in [-0.2, -0.15) is 5.10 Å². The number of nitrogen functional groups attached to an aromatic ring is 1. The molecular weight excluding hydrogens is 232 g/mol. The van der Waals surface area contributed by atoms with Crippen molar-refractivity contribution in [3.8, 4) is 0 Å². The topological polar surface area (TPSA) is 85.3 Å². The molecule has 2 heterocycles. The van der Waals surface area contributed by atoms with Crippen LogP contribution in [0.3, 0.4) is 0 Å². The molecule has 0 radical (unpaired) electrons. The summed E-state index contributed by atoms with van der Waals surface area (Å²) in [5.41, 5.74) is 6.82. The molecule has 1 atom stereocenters. The molecule has 1 unspecified atom stereocenters. The van der Waals surface area contributed by atoms with Crippen molar-refractivity contribution in [1.82, 2.24) is 9.78 Å². The molecule has 6 nitrogen and oxygen atoms in total. The Hall–Kier alpha value is -1.27. The van der Waals surface area contributed by atoms with Crippen molar-refractivity contribution in [2.24, 2.45) is 7.05 Å². The second-order valence-electron chi connectivity index (χ2n) is 5.31. The van der Waals surface area contributed by atoms with Gasteiger partial charge in [-0.3, -0.25) is 4.68 Å². The smallest absolute Gasteiger partial charge is 0.147 e. The molecule has 6 heteroatoms. The van der Waals surface area contributed by atoms with E-state index in [2.05, 4.69) is 24.3 Å². The summed E-state index contributed by atoms with van der Waals surface area (Å²) in [6.45, 7) is 5.51. The number of nitrogens with one attached hydrogen (secondary N) is 1. The lowest BCUT2D eigenvalue weighted by Crippen LogP contribution is -2.37. The van der Waals surface area contributed by atoms with E-state index in [0.29, 0.717) is 31.9 Å². The van der Waals surface area contributed by atoms with Crippen molar-refractivity contribution in [3.63, 3.8) is 0 Å². The summed E-state index contributed by atoms with van der Waals surface area (Å²) >= 11 is 0. The van der Waals surface area contributed by atoms with E-state index >= 15 is 0 Å². The fraction of sp³-hybridized carbons (Fsp3) is 0.750. The van der Waals surface area contributed by atoms with Crippen LogP contribution >= 0.6 is 0 Å². The fourth-order valence-corrected chi connectivity index (χ4v) is 2.18. The van der Waals surface area contributed by atoms with Gasteiger partial charge < -0.3 is 20.9 Å². The first-order valence-corrected chi connectivity index (χ1v) is 6.29. The predicted molar refractivity (Wildman–Crippen MR) is 70.6 cm³/mol. The van der Waals surface area contributed by atoms with Crippen molar-refractivity contribution in [1.29, 1.82) is 0 Å². The summed E-state index contributed by atoms with van der Waals surface area (Å²) in [6, 6.07) is 0. The van der Waals surface area contributed by atoms with Crippen molar-refractivity contribution in [2.75, 3.05) is 30.8 Å². The zero-order valence-electron chi connectivity index (χ0n) is 11.2. The van der Waals surface area contributed by atoms with Gasteiger partial charge in [-0.1, -0.05) is 13.8 Å². The van der Waals surface area contributed by atoms with Crippen LogP contribution in [0.5, 0.6) is 0 Å². The van der Waals surface area contributed by atoms with E-state index in [9.17, 15) is 5.11 Å².